The number of hydrogen-bond acceptors (Lipinski definition) is 2. The van der Waals surface area contributed by atoms with E-state index in [2.05, 4.69) is 40.2 Å². The molecule has 5 nitrogen and oxygen atoms in total. The lowest BCUT2D eigenvalue weighted by Crippen LogP contribution is -2.15. The van der Waals surface area contributed by atoms with E-state index in [0.29, 0.717) is 16.8 Å². The lowest BCUT2D eigenvalue weighted by Gasteiger charge is -2.08. The standard InChI is InChI=1S/C25H22BrN3O2/c1-16(2)23-22(25(31)29(28-23)21-9-4-3-5-10-21)17-11-13-20(14-12-17)27-24(30)18-7-6-8-19(26)15-18/h3-16,28H,1-2H3,(H,27,30). The molecule has 2 N–H and O–H groups in total. The number of anilines is 1. The van der Waals surface area contributed by atoms with Gasteiger partial charge in [-0.05, 0) is 53.9 Å². The minimum Gasteiger partial charge on any atom is -0.322 e. The molecule has 1 heterocycles. The van der Waals surface area contributed by atoms with E-state index in [-0.39, 0.29) is 17.4 Å². The van der Waals surface area contributed by atoms with Gasteiger partial charge in [0, 0.05) is 21.4 Å². The van der Waals surface area contributed by atoms with Crippen LogP contribution in [-0.2, 0) is 0 Å². The van der Waals surface area contributed by atoms with Gasteiger partial charge in [0.25, 0.3) is 11.5 Å². The maximum Gasteiger partial charge on any atom is 0.279 e. The molecule has 0 aliphatic heterocycles. The zero-order valence-corrected chi connectivity index (χ0v) is 18.8. The van der Waals surface area contributed by atoms with E-state index in [1.165, 1.54) is 0 Å². The summed E-state index contributed by atoms with van der Waals surface area (Å²) in [6.07, 6.45) is 0. The summed E-state index contributed by atoms with van der Waals surface area (Å²) in [4.78, 5) is 25.7. The van der Waals surface area contributed by atoms with Crippen molar-refractivity contribution >= 4 is 27.5 Å². The second kappa shape index (κ2) is 8.78. The topological polar surface area (TPSA) is 66.9 Å². The summed E-state index contributed by atoms with van der Waals surface area (Å²) >= 11 is 3.38. The van der Waals surface area contributed by atoms with Crippen molar-refractivity contribution in [3.05, 3.63) is 105 Å². The zero-order valence-electron chi connectivity index (χ0n) is 17.2. The Balaban J connectivity index is 1.65. The van der Waals surface area contributed by atoms with Gasteiger partial charge in [0.05, 0.1) is 11.3 Å². The molecule has 3 aromatic carbocycles. The van der Waals surface area contributed by atoms with Gasteiger partial charge in [0.1, 0.15) is 0 Å². The van der Waals surface area contributed by atoms with Crippen LogP contribution in [0.3, 0.4) is 0 Å². The molecule has 0 radical (unpaired) electrons. The van der Waals surface area contributed by atoms with Crippen molar-refractivity contribution in [1.82, 2.24) is 9.78 Å². The molecule has 0 fully saturated rings. The van der Waals surface area contributed by atoms with Gasteiger partial charge in [0.2, 0.25) is 0 Å². The largest absolute Gasteiger partial charge is 0.322 e. The predicted molar refractivity (Wildman–Crippen MR) is 128 cm³/mol. The molecule has 0 saturated heterocycles. The minimum absolute atomic E-state index is 0.0965. The fraction of sp³-hybridized carbons (Fsp3) is 0.120. The van der Waals surface area contributed by atoms with Crippen molar-refractivity contribution < 1.29 is 4.79 Å². The maximum atomic E-state index is 13.2. The summed E-state index contributed by atoms with van der Waals surface area (Å²) in [5.41, 5.74) is 4.25. The Morgan fingerprint density at radius 1 is 0.968 bits per heavy atom. The Hall–Kier alpha value is -3.38. The number of amides is 1. The molecule has 0 aliphatic carbocycles. The molecular formula is C25H22BrN3O2. The quantitative estimate of drug-likeness (QED) is 0.373. The lowest BCUT2D eigenvalue weighted by molar-refractivity contribution is 0.102. The van der Waals surface area contributed by atoms with Crippen molar-refractivity contribution in [3.8, 4) is 16.8 Å². The van der Waals surface area contributed by atoms with E-state index >= 15 is 0 Å². The van der Waals surface area contributed by atoms with Crippen LogP contribution in [0.5, 0.6) is 0 Å². The number of hydrogen-bond donors (Lipinski definition) is 2. The third kappa shape index (κ3) is 4.39. The summed E-state index contributed by atoms with van der Waals surface area (Å²) in [6.45, 7) is 4.10. The average Bonchev–Trinajstić information content (AvgIpc) is 3.12. The number of rotatable bonds is 5. The van der Waals surface area contributed by atoms with Crippen LogP contribution in [0.4, 0.5) is 5.69 Å². The van der Waals surface area contributed by atoms with E-state index in [1.807, 2.05) is 66.7 Å². The monoisotopic (exact) mass is 475 g/mol. The van der Waals surface area contributed by atoms with Gasteiger partial charge in [-0.25, -0.2) is 4.68 Å². The fourth-order valence-electron chi connectivity index (χ4n) is 3.46. The van der Waals surface area contributed by atoms with Crippen LogP contribution in [0.15, 0.2) is 88.1 Å². The van der Waals surface area contributed by atoms with E-state index in [9.17, 15) is 9.59 Å². The molecule has 0 aliphatic rings. The summed E-state index contributed by atoms with van der Waals surface area (Å²) in [7, 11) is 0. The molecule has 0 atom stereocenters. The first kappa shape index (κ1) is 20.9. The molecular weight excluding hydrogens is 454 g/mol. The molecule has 6 heteroatoms. The van der Waals surface area contributed by atoms with Gasteiger partial charge in [-0.3, -0.25) is 14.7 Å². The molecule has 0 bridgehead atoms. The van der Waals surface area contributed by atoms with Crippen molar-refractivity contribution in [1.29, 1.82) is 0 Å². The van der Waals surface area contributed by atoms with Gasteiger partial charge in [0.15, 0.2) is 0 Å². The van der Waals surface area contributed by atoms with Crippen molar-refractivity contribution in [2.24, 2.45) is 0 Å². The van der Waals surface area contributed by atoms with Crippen molar-refractivity contribution in [2.75, 3.05) is 5.32 Å². The normalized spacial score (nSPS) is 11.0. The minimum atomic E-state index is -0.190. The van der Waals surface area contributed by atoms with E-state index in [1.54, 1.807) is 16.8 Å². The molecule has 1 aromatic heterocycles. The number of nitrogens with one attached hydrogen (secondary N) is 2. The number of carbonyl (C=O) groups excluding carboxylic acids is 1. The highest BCUT2D eigenvalue weighted by molar-refractivity contribution is 9.10. The van der Waals surface area contributed by atoms with Crippen LogP contribution in [-0.4, -0.2) is 15.7 Å². The number of aromatic amines is 1. The predicted octanol–water partition coefficient (Wildman–Crippen LogP) is 5.97. The van der Waals surface area contributed by atoms with Crippen LogP contribution in [0.25, 0.3) is 16.8 Å². The first-order valence-electron chi connectivity index (χ1n) is 10.0. The second-order valence-corrected chi connectivity index (χ2v) is 8.49. The Kier molecular flexibility index (Phi) is 5.91. The molecule has 1 amide bonds. The van der Waals surface area contributed by atoms with E-state index < -0.39 is 0 Å². The molecule has 0 spiro atoms. The number of nitrogens with zero attached hydrogens (tertiary/aromatic N) is 1. The number of para-hydroxylation sites is 1. The zero-order chi connectivity index (χ0) is 22.0. The SMILES string of the molecule is CC(C)c1[nH]n(-c2ccccc2)c(=O)c1-c1ccc(NC(=O)c2cccc(Br)c2)cc1. The Labute approximate surface area is 188 Å². The van der Waals surface area contributed by atoms with Crippen molar-refractivity contribution in [2.45, 2.75) is 19.8 Å². The highest BCUT2D eigenvalue weighted by atomic mass is 79.9. The van der Waals surface area contributed by atoms with Crippen molar-refractivity contribution in [3.63, 3.8) is 0 Å². The average molecular weight is 476 g/mol. The molecule has 31 heavy (non-hydrogen) atoms. The summed E-state index contributed by atoms with van der Waals surface area (Å²) in [5, 5.41) is 6.16. The fourth-order valence-corrected chi connectivity index (χ4v) is 3.86. The number of H-pyrrole nitrogens is 1. The van der Waals surface area contributed by atoms with Gasteiger partial charge < -0.3 is 5.32 Å². The number of benzene rings is 3. The van der Waals surface area contributed by atoms with E-state index in [0.717, 1.165) is 21.4 Å². The summed E-state index contributed by atoms with van der Waals surface area (Å²) in [5.74, 6) is -0.0476. The van der Waals surface area contributed by atoms with Crippen LogP contribution in [0.1, 0.15) is 35.8 Å². The first-order valence-corrected chi connectivity index (χ1v) is 10.8. The number of carbonyl (C=O) groups is 1. The third-order valence-electron chi connectivity index (χ3n) is 5.03. The molecule has 156 valence electrons. The van der Waals surface area contributed by atoms with Crippen LogP contribution >= 0.6 is 15.9 Å². The Morgan fingerprint density at radius 2 is 1.68 bits per heavy atom. The van der Waals surface area contributed by atoms with Gasteiger partial charge in [-0.2, -0.15) is 0 Å². The summed E-state index contributed by atoms with van der Waals surface area (Å²) < 4.78 is 2.42. The molecule has 4 aromatic rings. The lowest BCUT2D eigenvalue weighted by atomic mass is 9.99. The molecule has 0 unspecified atom stereocenters. The van der Waals surface area contributed by atoms with E-state index in [4.69, 9.17) is 0 Å². The maximum absolute atomic E-state index is 13.2. The summed E-state index contributed by atoms with van der Waals surface area (Å²) in [6, 6.07) is 24.1. The number of halogens is 1. The number of aromatic nitrogens is 2. The highest BCUT2D eigenvalue weighted by Crippen LogP contribution is 2.27. The Bertz CT molecular complexity index is 1270. The smallest absolute Gasteiger partial charge is 0.279 e. The van der Waals surface area contributed by atoms with Crippen LogP contribution in [0, 0.1) is 0 Å². The first-order chi connectivity index (χ1) is 14.9. The molecule has 0 saturated carbocycles. The highest BCUT2D eigenvalue weighted by Gasteiger charge is 2.19. The Morgan fingerprint density at radius 3 is 2.32 bits per heavy atom. The van der Waals surface area contributed by atoms with Crippen LogP contribution in [0.2, 0.25) is 0 Å². The third-order valence-corrected chi connectivity index (χ3v) is 5.52. The molecule has 4 rings (SSSR count). The van der Waals surface area contributed by atoms with Gasteiger partial charge >= 0.3 is 0 Å². The van der Waals surface area contributed by atoms with Gasteiger partial charge in [-0.15, -0.1) is 0 Å². The second-order valence-electron chi connectivity index (χ2n) is 7.57. The van der Waals surface area contributed by atoms with Crippen LogP contribution < -0.4 is 10.9 Å². The van der Waals surface area contributed by atoms with Gasteiger partial charge in [-0.1, -0.05) is 66.2 Å².